The Kier molecular flexibility index (Phi) is 5.16. The maximum Gasteiger partial charge on any atom is 0.341 e. The standard InChI is InChI=1S/C17H14ClN3O3S/c1-10(11-2-5-13(6-3-11)24-9-16(22)23)20-21-17-19-14-7-4-12(18)8-15(14)25-17/h2-8H,9H2,1H3,(H,19,21)(H,22,23)/b20-10+. The number of aliphatic carboxylic acids is 1. The predicted molar refractivity (Wildman–Crippen MR) is 100 cm³/mol. The molecule has 0 bridgehead atoms. The summed E-state index contributed by atoms with van der Waals surface area (Å²) in [6, 6.07) is 12.6. The van der Waals surface area contributed by atoms with Crippen LogP contribution >= 0.6 is 22.9 Å². The molecule has 3 aromatic rings. The van der Waals surface area contributed by atoms with Gasteiger partial charge in [-0.3, -0.25) is 5.43 Å². The largest absolute Gasteiger partial charge is 0.482 e. The smallest absolute Gasteiger partial charge is 0.341 e. The first kappa shape index (κ1) is 17.2. The van der Waals surface area contributed by atoms with E-state index in [0.29, 0.717) is 15.9 Å². The van der Waals surface area contributed by atoms with E-state index in [9.17, 15) is 4.79 Å². The topological polar surface area (TPSA) is 83.8 Å². The SMILES string of the molecule is C/C(=N\Nc1nc2ccc(Cl)cc2s1)c1ccc(OCC(=O)O)cc1. The molecule has 0 radical (unpaired) electrons. The van der Waals surface area contributed by atoms with Gasteiger partial charge in [0.05, 0.1) is 15.9 Å². The Bertz CT molecular complexity index is 938. The van der Waals surface area contributed by atoms with Crippen LogP contribution in [0, 0.1) is 0 Å². The Labute approximate surface area is 152 Å². The van der Waals surface area contributed by atoms with E-state index in [1.165, 1.54) is 11.3 Å². The molecule has 2 aromatic carbocycles. The number of nitrogens with zero attached hydrogens (tertiary/aromatic N) is 2. The summed E-state index contributed by atoms with van der Waals surface area (Å²) in [4.78, 5) is 14.9. The zero-order chi connectivity index (χ0) is 17.8. The van der Waals surface area contributed by atoms with Gasteiger partial charge in [0, 0.05) is 5.02 Å². The second-order valence-electron chi connectivity index (χ2n) is 5.15. The zero-order valence-corrected chi connectivity index (χ0v) is 14.8. The Morgan fingerprint density at radius 2 is 2.08 bits per heavy atom. The number of nitrogens with one attached hydrogen (secondary N) is 1. The molecule has 0 aliphatic rings. The highest BCUT2D eigenvalue weighted by Gasteiger charge is 2.05. The number of aromatic nitrogens is 1. The van der Waals surface area contributed by atoms with Gasteiger partial charge in [0.1, 0.15) is 5.75 Å². The summed E-state index contributed by atoms with van der Waals surface area (Å²) in [5.41, 5.74) is 5.47. The molecule has 0 saturated heterocycles. The van der Waals surface area contributed by atoms with Crippen molar-refractivity contribution in [3.05, 3.63) is 53.1 Å². The maximum atomic E-state index is 10.5. The fraction of sp³-hybridized carbons (Fsp3) is 0.118. The lowest BCUT2D eigenvalue weighted by molar-refractivity contribution is -0.139. The van der Waals surface area contributed by atoms with Gasteiger partial charge in [-0.2, -0.15) is 5.10 Å². The third-order valence-electron chi connectivity index (χ3n) is 3.30. The Hall–Kier alpha value is -2.64. The van der Waals surface area contributed by atoms with Crippen molar-refractivity contribution in [1.82, 2.24) is 4.98 Å². The third kappa shape index (κ3) is 4.46. The molecule has 1 heterocycles. The van der Waals surface area contributed by atoms with Crippen molar-refractivity contribution in [2.45, 2.75) is 6.92 Å². The number of carboxylic acid groups (broad SMARTS) is 1. The van der Waals surface area contributed by atoms with Crippen LogP contribution in [0.3, 0.4) is 0 Å². The Morgan fingerprint density at radius 1 is 1.32 bits per heavy atom. The molecule has 128 valence electrons. The van der Waals surface area contributed by atoms with Crippen molar-refractivity contribution in [3.63, 3.8) is 0 Å². The van der Waals surface area contributed by atoms with E-state index in [2.05, 4.69) is 15.5 Å². The first-order valence-electron chi connectivity index (χ1n) is 7.33. The minimum atomic E-state index is -1.01. The van der Waals surface area contributed by atoms with E-state index in [-0.39, 0.29) is 6.61 Å². The molecule has 0 fully saturated rings. The number of fused-ring (bicyclic) bond motifs is 1. The minimum absolute atomic E-state index is 0.365. The fourth-order valence-corrected chi connectivity index (χ4v) is 3.16. The van der Waals surface area contributed by atoms with Crippen LogP contribution in [0.2, 0.25) is 5.02 Å². The van der Waals surface area contributed by atoms with E-state index in [1.807, 2.05) is 31.2 Å². The fourth-order valence-electron chi connectivity index (χ4n) is 2.08. The lowest BCUT2D eigenvalue weighted by Gasteiger charge is -2.05. The van der Waals surface area contributed by atoms with Gasteiger partial charge < -0.3 is 9.84 Å². The molecule has 1 aromatic heterocycles. The zero-order valence-electron chi connectivity index (χ0n) is 13.2. The number of hydrazone groups is 1. The van der Waals surface area contributed by atoms with E-state index in [4.69, 9.17) is 21.4 Å². The van der Waals surface area contributed by atoms with Crippen LogP contribution in [0.5, 0.6) is 5.75 Å². The van der Waals surface area contributed by atoms with Gasteiger partial charge in [0.25, 0.3) is 0 Å². The summed E-state index contributed by atoms with van der Waals surface area (Å²) in [5.74, 6) is -0.516. The summed E-state index contributed by atoms with van der Waals surface area (Å²) in [6.07, 6.45) is 0. The number of halogens is 1. The van der Waals surface area contributed by atoms with Crippen molar-refractivity contribution in [2.75, 3.05) is 12.0 Å². The number of ether oxygens (including phenoxy) is 1. The van der Waals surface area contributed by atoms with E-state index in [0.717, 1.165) is 21.5 Å². The van der Waals surface area contributed by atoms with Crippen LogP contribution in [0.25, 0.3) is 10.2 Å². The highest BCUT2D eigenvalue weighted by atomic mass is 35.5. The van der Waals surface area contributed by atoms with Crippen LogP contribution in [0.15, 0.2) is 47.6 Å². The number of carbonyl (C=O) groups is 1. The normalized spacial score (nSPS) is 11.5. The second kappa shape index (κ2) is 7.50. The Balaban J connectivity index is 1.68. The molecule has 0 unspecified atom stereocenters. The molecule has 2 N–H and O–H groups in total. The molecular weight excluding hydrogens is 362 g/mol. The van der Waals surface area contributed by atoms with Crippen LogP contribution in [0.4, 0.5) is 5.13 Å². The molecule has 6 nitrogen and oxygen atoms in total. The molecule has 0 amide bonds. The lowest BCUT2D eigenvalue weighted by atomic mass is 10.1. The van der Waals surface area contributed by atoms with Crippen LogP contribution in [0.1, 0.15) is 12.5 Å². The van der Waals surface area contributed by atoms with Crippen LogP contribution in [-0.2, 0) is 4.79 Å². The maximum absolute atomic E-state index is 10.5. The average molecular weight is 376 g/mol. The van der Waals surface area contributed by atoms with E-state index < -0.39 is 5.97 Å². The highest BCUT2D eigenvalue weighted by Crippen LogP contribution is 2.28. The van der Waals surface area contributed by atoms with Crippen molar-refractivity contribution < 1.29 is 14.6 Å². The third-order valence-corrected chi connectivity index (χ3v) is 4.46. The predicted octanol–water partition coefficient (Wildman–Crippen LogP) is 4.25. The number of carboxylic acids is 1. The number of thiazole rings is 1. The van der Waals surface area contributed by atoms with Gasteiger partial charge in [-0.1, -0.05) is 22.9 Å². The van der Waals surface area contributed by atoms with Gasteiger partial charge in [-0.05, 0) is 55.0 Å². The van der Waals surface area contributed by atoms with E-state index in [1.54, 1.807) is 18.2 Å². The molecular formula is C17H14ClN3O3S. The first-order chi connectivity index (χ1) is 12.0. The molecule has 3 rings (SSSR count). The van der Waals surface area contributed by atoms with Gasteiger partial charge in [0.2, 0.25) is 5.13 Å². The average Bonchev–Trinajstić information content (AvgIpc) is 3.00. The minimum Gasteiger partial charge on any atom is -0.482 e. The number of rotatable bonds is 6. The van der Waals surface area contributed by atoms with Crippen molar-refractivity contribution in [2.24, 2.45) is 5.10 Å². The quantitative estimate of drug-likeness (QED) is 0.497. The monoisotopic (exact) mass is 375 g/mol. The van der Waals surface area contributed by atoms with Gasteiger partial charge >= 0.3 is 5.97 Å². The molecule has 0 spiro atoms. The molecule has 0 aliphatic heterocycles. The number of hydrogen-bond acceptors (Lipinski definition) is 6. The second-order valence-corrected chi connectivity index (χ2v) is 6.61. The summed E-state index contributed by atoms with van der Waals surface area (Å²) in [7, 11) is 0. The summed E-state index contributed by atoms with van der Waals surface area (Å²) >= 11 is 7.45. The number of anilines is 1. The lowest BCUT2D eigenvalue weighted by Crippen LogP contribution is -2.09. The Morgan fingerprint density at radius 3 is 2.80 bits per heavy atom. The molecule has 0 saturated carbocycles. The van der Waals surface area contributed by atoms with Gasteiger partial charge in [-0.25, -0.2) is 9.78 Å². The molecule has 0 atom stereocenters. The van der Waals surface area contributed by atoms with E-state index >= 15 is 0 Å². The molecule has 8 heteroatoms. The summed E-state index contributed by atoms with van der Waals surface area (Å²) in [5, 5.41) is 14.3. The van der Waals surface area contributed by atoms with Crippen LogP contribution < -0.4 is 10.2 Å². The number of benzene rings is 2. The van der Waals surface area contributed by atoms with Crippen LogP contribution in [-0.4, -0.2) is 28.4 Å². The van der Waals surface area contributed by atoms with Crippen molar-refractivity contribution in [1.29, 1.82) is 0 Å². The van der Waals surface area contributed by atoms with Gasteiger partial charge in [0.15, 0.2) is 6.61 Å². The molecule has 0 aliphatic carbocycles. The van der Waals surface area contributed by atoms with Crippen molar-refractivity contribution in [3.8, 4) is 5.75 Å². The number of hydrogen-bond donors (Lipinski definition) is 2. The summed E-state index contributed by atoms with van der Waals surface area (Å²) < 4.78 is 6.09. The van der Waals surface area contributed by atoms with Crippen molar-refractivity contribution >= 4 is 50.0 Å². The first-order valence-corrected chi connectivity index (χ1v) is 8.52. The molecule has 25 heavy (non-hydrogen) atoms. The van der Waals surface area contributed by atoms with Gasteiger partial charge in [-0.15, -0.1) is 0 Å². The summed E-state index contributed by atoms with van der Waals surface area (Å²) in [6.45, 7) is 1.50. The highest BCUT2D eigenvalue weighted by molar-refractivity contribution is 7.22.